The Bertz CT molecular complexity index is 722. The number of carbonyl (C=O) groups excluding carboxylic acids is 2. The smallest absolute Gasteiger partial charge is 0.257 e. The van der Waals surface area contributed by atoms with Crippen molar-refractivity contribution in [2.45, 2.75) is 6.42 Å². The molecule has 0 atom stereocenters. The predicted molar refractivity (Wildman–Crippen MR) is 92.5 cm³/mol. The van der Waals surface area contributed by atoms with E-state index in [4.69, 9.17) is 16.3 Å². The molecule has 7 heteroatoms. The van der Waals surface area contributed by atoms with E-state index in [9.17, 15) is 9.59 Å². The van der Waals surface area contributed by atoms with Crippen LogP contribution in [0.4, 0.5) is 5.69 Å². The van der Waals surface area contributed by atoms with Crippen LogP contribution in [0.2, 0.25) is 5.02 Å². The molecule has 6 nitrogen and oxygen atoms in total. The van der Waals surface area contributed by atoms with Gasteiger partial charge in [0.2, 0.25) is 0 Å². The molecule has 2 rings (SSSR count). The van der Waals surface area contributed by atoms with Gasteiger partial charge in [0.25, 0.3) is 11.8 Å². The summed E-state index contributed by atoms with van der Waals surface area (Å²) in [4.78, 5) is 28.3. The predicted octanol–water partition coefficient (Wildman–Crippen LogP) is 2.75. The van der Waals surface area contributed by atoms with Gasteiger partial charge in [0.05, 0.1) is 11.1 Å². The van der Waals surface area contributed by atoms with Crippen LogP contribution in [-0.2, 0) is 4.74 Å². The van der Waals surface area contributed by atoms with Crippen molar-refractivity contribution in [3.63, 3.8) is 0 Å². The number of pyridine rings is 1. The highest BCUT2D eigenvalue weighted by molar-refractivity contribution is 6.31. The molecule has 0 aliphatic carbocycles. The minimum Gasteiger partial charge on any atom is -0.385 e. The van der Waals surface area contributed by atoms with Gasteiger partial charge >= 0.3 is 0 Å². The first-order valence-corrected chi connectivity index (χ1v) is 7.77. The zero-order valence-electron chi connectivity index (χ0n) is 13.2. The van der Waals surface area contributed by atoms with E-state index in [1.807, 2.05) is 0 Å². The fourth-order valence-corrected chi connectivity index (χ4v) is 2.17. The van der Waals surface area contributed by atoms with Crippen LogP contribution >= 0.6 is 11.6 Å². The summed E-state index contributed by atoms with van der Waals surface area (Å²) in [5.41, 5.74) is 1.19. The lowest BCUT2D eigenvalue weighted by Gasteiger charge is -2.08. The average molecular weight is 348 g/mol. The molecule has 1 aromatic carbocycles. The van der Waals surface area contributed by atoms with Crippen LogP contribution < -0.4 is 10.6 Å². The molecule has 0 saturated heterocycles. The number of amides is 2. The molecule has 24 heavy (non-hydrogen) atoms. The van der Waals surface area contributed by atoms with E-state index in [0.717, 1.165) is 0 Å². The zero-order chi connectivity index (χ0) is 17.4. The number of rotatable bonds is 7. The Morgan fingerprint density at radius 3 is 2.62 bits per heavy atom. The normalized spacial score (nSPS) is 10.2. The molecule has 0 spiro atoms. The first-order chi connectivity index (χ1) is 11.6. The van der Waals surface area contributed by atoms with Gasteiger partial charge in [-0.05, 0) is 30.7 Å². The monoisotopic (exact) mass is 347 g/mol. The van der Waals surface area contributed by atoms with Gasteiger partial charge in [-0.2, -0.15) is 0 Å². The quantitative estimate of drug-likeness (QED) is 0.755. The molecule has 0 saturated carbocycles. The summed E-state index contributed by atoms with van der Waals surface area (Å²) < 4.78 is 4.92. The van der Waals surface area contributed by atoms with Crippen LogP contribution in [-0.4, -0.2) is 37.1 Å². The maximum Gasteiger partial charge on any atom is 0.257 e. The summed E-state index contributed by atoms with van der Waals surface area (Å²) in [6.45, 7) is 1.06. The average Bonchev–Trinajstić information content (AvgIpc) is 2.58. The molecular formula is C17H18ClN3O3. The van der Waals surface area contributed by atoms with Crippen LogP contribution in [0.25, 0.3) is 0 Å². The highest BCUT2D eigenvalue weighted by atomic mass is 35.5. The van der Waals surface area contributed by atoms with Gasteiger partial charge < -0.3 is 15.4 Å². The minimum absolute atomic E-state index is 0.281. The maximum atomic E-state index is 12.3. The lowest BCUT2D eigenvalue weighted by molar-refractivity contribution is 0.0948. The molecule has 126 valence electrons. The molecule has 2 N–H and O–H groups in total. The van der Waals surface area contributed by atoms with Crippen molar-refractivity contribution in [3.05, 3.63) is 58.9 Å². The SMILES string of the molecule is COCCCNC(=O)c1cncc(C(=O)Nc2cccc(Cl)c2)c1. The number of aromatic nitrogens is 1. The summed E-state index contributed by atoms with van der Waals surface area (Å²) in [6.07, 6.45) is 3.54. The third kappa shape index (κ3) is 5.33. The topological polar surface area (TPSA) is 80.3 Å². The van der Waals surface area contributed by atoms with Gasteiger partial charge in [-0.1, -0.05) is 17.7 Å². The lowest BCUT2D eigenvalue weighted by Crippen LogP contribution is -2.25. The highest BCUT2D eigenvalue weighted by Gasteiger charge is 2.11. The molecular weight excluding hydrogens is 330 g/mol. The van der Waals surface area contributed by atoms with E-state index in [0.29, 0.717) is 41.4 Å². The molecule has 0 fully saturated rings. The zero-order valence-corrected chi connectivity index (χ0v) is 14.0. The van der Waals surface area contributed by atoms with Crippen LogP contribution in [0.15, 0.2) is 42.7 Å². The minimum atomic E-state index is -0.362. The first kappa shape index (κ1) is 17.9. The van der Waals surface area contributed by atoms with E-state index in [1.54, 1.807) is 31.4 Å². The number of hydrogen-bond donors (Lipinski definition) is 2. The number of methoxy groups -OCH3 is 1. The summed E-state index contributed by atoms with van der Waals surface area (Å²) in [5.74, 6) is -0.644. The van der Waals surface area contributed by atoms with E-state index in [1.165, 1.54) is 18.5 Å². The van der Waals surface area contributed by atoms with Crippen LogP contribution in [0, 0.1) is 0 Å². The third-order valence-electron chi connectivity index (χ3n) is 3.16. The Labute approximate surface area is 145 Å². The number of halogens is 1. The van der Waals surface area contributed by atoms with Gasteiger partial charge in [-0.3, -0.25) is 14.6 Å². The maximum absolute atomic E-state index is 12.3. The van der Waals surface area contributed by atoms with E-state index in [2.05, 4.69) is 15.6 Å². The largest absolute Gasteiger partial charge is 0.385 e. The van der Waals surface area contributed by atoms with Gasteiger partial charge in [0.15, 0.2) is 0 Å². The van der Waals surface area contributed by atoms with Crippen molar-refractivity contribution in [1.82, 2.24) is 10.3 Å². The summed E-state index contributed by atoms with van der Waals surface area (Å²) >= 11 is 5.89. The van der Waals surface area contributed by atoms with Crippen molar-refractivity contribution in [1.29, 1.82) is 0 Å². The molecule has 1 heterocycles. The Hall–Kier alpha value is -2.44. The molecule has 0 aliphatic rings. The standard InChI is InChI=1S/C17H18ClN3O3/c1-24-7-3-6-20-16(22)12-8-13(11-19-10-12)17(23)21-15-5-2-4-14(18)9-15/h2,4-5,8-11H,3,6-7H2,1H3,(H,20,22)(H,21,23). The Kier molecular flexibility index (Phi) is 6.72. The summed E-state index contributed by atoms with van der Waals surface area (Å²) in [5, 5.41) is 5.99. The van der Waals surface area contributed by atoms with E-state index in [-0.39, 0.29) is 11.8 Å². The van der Waals surface area contributed by atoms with Crippen molar-refractivity contribution in [2.75, 3.05) is 25.6 Å². The fraction of sp³-hybridized carbons (Fsp3) is 0.235. The number of nitrogens with one attached hydrogen (secondary N) is 2. The van der Waals surface area contributed by atoms with Crippen molar-refractivity contribution in [2.24, 2.45) is 0 Å². The second kappa shape index (κ2) is 9.00. The first-order valence-electron chi connectivity index (χ1n) is 7.39. The second-order valence-electron chi connectivity index (χ2n) is 5.03. The van der Waals surface area contributed by atoms with Gasteiger partial charge in [-0.25, -0.2) is 0 Å². The van der Waals surface area contributed by atoms with Gasteiger partial charge in [0.1, 0.15) is 0 Å². The Morgan fingerprint density at radius 2 is 1.92 bits per heavy atom. The third-order valence-corrected chi connectivity index (χ3v) is 3.39. The molecule has 0 aliphatic heterocycles. The van der Waals surface area contributed by atoms with Crippen molar-refractivity contribution in [3.8, 4) is 0 Å². The lowest BCUT2D eigenvalue weighted by atomic mass is 10.2. The molecule has 2 aromatic rings. The summed E-state index contributed by atoms with van der Waals surface area (Å²) in [6, 6.07) is 8.31. The number of ether oxygens (including phenoxy) is 1. The van der Waals surface area contributed by atoms with Crippen LogP contribution in [0.5, 0.6) is 0 Å². The Balaban J connectivity index is 2.01. The number of nitrogens with zero attached hydrogens (tertiary/aromatic N) is 1. The van der Waals surface area contributed by atoms with Crippen LogP contribution in [0.1, 0.15) is 27.1 Å². The molecule has 0 radical (unpaired) electrons. The molecule has 1 aromatic heterocycles. The highest BCUT2D eigenvalue weighted by Crippen LogP contribution is 2.16. The second-order valence-corrected chi connectivity index (χ2v) is 5.47. The molecule has 0 bridgehead atoms. The molecule has 0 unspecified atom stereocenters. The van der Waals surface area contributed by atoms with Crippen LogP contribution in [0.3, 0.4) is 0 Å². The van der Waals surface area contributed by atoms with Crippen molar-refractivity contribution < 1.29 is 14.3 Å². The number of carbonyl (C=O) groups is 2. The van der Waals surface area contributed by atoms with Gasteiger partial charge in [0, 0.05) is 43.4 Å². The van der Waals surface area contributed by atoms with E-state index >= 15 is 0 Å². The molecule has 2 amide bonds. The van der Waals surface area contributed by atoms with E-state index < -0.39 is 0 Å². The number of anilines is 1. The summed E-state index contributed by atoms with van der Waals surface area (Å²) in [7, 11) is 1.60. The fourth-order valence-electron chi connectivity index (χ4n) is 1.98. The van der Waals surface area contributed by atoms with Crippen molar-refractivity contribution >= 4 is 29.1 Å². The number of benzene rings is 1. The number of hydrogen-bond acceptors (Lipinski definition) is 4. The van der Waals surface area contributed by atoms with Gasteiger partial charge in [-0.15, -0.1) is 0 Å². The Morgan fingerprint density at radius 1 is 1.17 bits per heavy atom.